The van der Waals surface area contributed by atoms with Crippen molar-refractivity contribution < 1.29 is 0 Å². The Hall–Kier alpha value is -6.36. The molecular weight excluding hydrogens is 651 g/mol. The van der Waals surface area contributed by atoms with Gasteiger partial charge in [0.2, 0.25) is 0 Å². The maximum atomic E-state index is 5.39. The van der Waals surface area contributed by atoms with Crippen molar-refractivity contribution in [2.75, 3.05) is 0 Å². The highest BCUT2D eigenvalue weighted by Crippen LogP contribution is 2.49. The Balaban J connectivity index is 1.31. The molecule has 3 aromatic heterocycles. The minimum absolute atomic E-state index is 0.143. The number of nitrogens with zero attached hydrogens (tertiary/aromatic N) is 3. The fourth-order valence-corrected chi connectivity index (χ4v) is 9.63. The third-order valence-electron chi connectivity index (χ3n) is 10.7. The second-order valence-corrected chi connectivity index (χ2v) is 14.7. The first-order valence-corrected chi connectivity index (χ1v) is 18.7. The normalized spacial score (nSPS) is 14.5. The van der Waals surface area contributed by atoms with Gasteiger partial charge >= 0.3 is 0 Å². The van der Waals surface area contributed by atoms with E-state index < -0.39 is 0 Å². The Labute approximate surface area is 304 Å². The van der Waals surface area contributed by atoms with E-state index in [1.807, 2.05) is 11.3 Å². The van der Waals surface area contributed by atoms with Crippen LogP contribution in [0.5, 0.6) is 0 Å². The fourth-order valence-electron chi connectivity index (χ4n) is 8.25. The molecule has 1 atom stereocenters. The number of allylic oxidation sites excluding steroid dienone is 4. The number of benzene rings is 7. The third-order valence-corrected chi connectivity index (χ3v) is 12.0. The van der Waals surface area contributed by atoms with E-state index in [2.05, 4.69) is 175 Å². The molecule has 0 fully saturated rings. The van der Waals surface area contributed by atoms with Gasteiger partial charge in [-0.2, -0.15) is 0 Å². The van der Waals surface area contributed by atoms with E-state index in [0.29, 0.717) is 0 Å². The minimum Gasteiger partial charge on any atom is -0.305 e. The van der Waals surface area contributed by atoms with E-state index in [-0.39, 0.29) is 5.92 Å². The number of hydrogen-bond donors (Lipinski definition) is 0. The van der Waals surface area contributed by atoms with Gasteiger partial charge in [-0.05, 0) is 51.7 Å². The lowest BCUT2D eigenvalue weighted by Gasteiger charge is -2.18. The molecule has 0 radical (unpaired) electrons. The molecule has 0 saturated heterocycles. The van der Waals surface area contributed by atoms with Crippen molar-refractivity contribution in [3.8, 4) is 28.1 Å². The van der Waals surface area contributed by atoms with Crippen LogP contribution in [0.15, 0.2) is 170 Å². The Morgan fingerprint density at radius 2 is 1.37 bits per heavy atom. The summed E-state index contributed by atoms with van der Waals surface area (Å²) in [5, 5.41) is 10.0. The predicted octanol–water partition coefficient (Wildman–Crippen LogP) is 13.2. The monoisotopic (exact) mass is 681 g/mol. The van der Waals surface area contributed by atoms with Crippen LogP contribution >= 0.6 is 11.3 Å². The summed E-state index contributed by atoms with van der Waals surface area (Å²) in [7, 11) is 0. The molecule has 0 bridgehead atoms. The lowest BCUT2D eigenvalue weighted by molar-refractivity contribution is 0.771. The molecule has 11 rings (SSSR count). The van der Waals surface area contributed by atoms with Crippen LogP contribution in [-0.4, -0.2) is 14.5 Å². The molecule has 1 unspecified atom stereocenters. The molecule has 0 saturated carbocycles. The van der Waals surface area contributed by atoms with Gasteiger partial charge in [-0.3, -0.25) is 0 Å². The summed E-state index contributed by atoms with van der Waals surface area (Å²) in [6.07, 6.45) is 11.6. The van der Waals surface area contributed by atoms with Crippen LogP contribution in [-0.2, 0) is 0 Å². The van der Waals surface area contributed by atoms with Crippen molar-refractivity contribution >= 4 is 74.9 Å². The Morgan fingerprint density at radius 3 is 2.23 bits per heavy atom. The average molecular weight is 682 g/mol. The number of rotatable bonds is 4. The largest absolute Gasteiger partial charge is 0.305 e. The SMILES string of the molecule is C1=CCC(c2ncc(-n3c4ccccc4c4cc(-c5ccc6ccccc6c5)c5sc6c7ccccc7ccc6c5c43)c(-c3ccccc3)n2)C=C1. The van der Waals surface area contributed by atoms with Crippen molar-refractivity contribution in [2.45, 2.75) is 12.3 Å². The molecule has 10 aromatic rings. The van der Waals surface area contributed by atoms with Crippen LogP contribution in [0.1, 0.15) is 18.2 Å². The fraction of sp³-hybridized carbons (Fsp3) is 0.0417. The second-order valence-electron chi connectivity index (χ2n) is 13.7. The molecule has 0 amide bonds. The zero-order valence-corrected chi connectivity index (χ0v) is 29.0. The van der Waals surface area contributed by atoms with Gasteiger partial charge in [0.05, 0.1) is 28.6 Å². The van der Waals surface area contributed by atoms with Gasteiger partial charge in [0.15, 0.2) is 0 Å². The van der Waals surface area contributed by atoms with E-state index >= 15 is 0 Å². The lowest BCUT2D eigenvalue weighted by atomic mass is 9.96. The van der Waals surface area contributed by atoms with Crippen LogP contribution in [0.2, 0.25) is 0 Å². The molecule has 3 heterocycles. The first-order chi connectivity index (χ1) is 25.8. The molecule has 0 N–H and O–H groups in total. The summed E-state index contributed by atoms with van der Waals surface area (Å²) in [5.74, 6) is 0.991. The summed E-state index contributed by atoms with van der Waals surface area (Å²) in [6.45, 7) is 0. The van der Waals surface area contributed by atoms with Crippen LogP contribution < -0.4 is 0 Å². The third kappa shape index (κ3) is 4.44. The van der Waals surface area contributed by atoms with Crippen molar-refractivity contribution in [3.63, 3.8) is 0 Å². The standard InChI is InChI=1S/C48H31N3S/c1-3-15-32(16-4-1)44-42(29-49-48(50-44)33-17-5-2-6-18-33)51-41-22-12-11-21-37(41)40-28-39(35-24-23-30-13-7-8-19-34(30)27-35)47-43(45(40)51)38-26-25-31-14-9-10-20-36(31)46(38)52-47/h1-17,19-29,33H,18H2. The van der Waals surface area contributed by atoms with Crippen LogP contribution in [0, 0.1) is 0 Å². The van der Waals surface area contributed by atoms with Crippen LogP contribution in [0.25, 0.3) is 91.6 Å². The summed E-state index contributed by atoms with van der Waals surface area (Å²) in [6, 6.07) is 50.8. The van der Waals surface area contributed by atoms with E-state index in [1.54, 1.807) is 0 Å². The van der Waals surface area contributed by atoms with Crippen LogP contribution in [0.4, 0.5) is 0 Å². The van der Waals surface area contributed by atoms with Gasteiger partial charge in [-0.25, -0.2) is 9.97 Å². The van der Waals surface area contributed by atoms with Crippen molar-refractivity contribution in [1.82, 2.24) is 14.5 Å². The number of aromatic nitrogens is 3. The molecular formula is C48H31N3S. The Morgan fingerprint density at radius 1 is 0.596 bits per heavy atom. The van der Waals surface area contributed by atoms with Gasteiger partial charge < -0.3 is 4.57 Å². The first-order valence-electron chi connectivity index (χ1n) is 17.9. The topological polar surface area (TPSA) is 30.7 Å². The molecule has 1 aliphatic carbocycles. The quantitative estimate of drug-likeness (QED) is 0.185. The highest BCUT2D eigenvalue weighted by atomic mass is 32.1. The summed E-state index contributed by atoms with van der Waals surface area (Å²) >= 11 is 1.91. The smallest absolute Gasteiger partial charge is 0.136 e. The van der Waals surface area contributed by atoms with E-state index in [9.17, 15) is 0 Å². The van der Waals surface area contributed by atoms with Crippen molar-refractivity contribution in [2.24, 2.45) is 0 Å². The number of thiophene rings is 1. The molecule has 3 nitrogen and oxygen atoms in total. The summed E-state index contributed by atoms with van der Waals surface area (Å²) in [4.78, 5) is 10.5. The molecule has 244 valence electrons. The van der Waals surface area contributed by atoms with E-state index in [0.717, 1.165) is 34.7 Å². The van der Waals surface area contributed by atoms with Crippen LogP contribution in [0.3, 0.4) is 0 Å². The van der Waals surface area contributed by atoms with Gasteiger partial charge in [-0.1, -0.05) is 146 Å². The Kier molecular flexibility index (Phi) is 6.55. The lowest BCUT2D eigenvalue weighted by Crippen LogP contribution is -2.08. The average Bonchev–Trinajstić information content (AvgIpc) is 3.77. The number of hydrogen-bond acceptors (Lipinski definition) is 3. The van der Waals surface area contributed by atoms with E-state index in [4.69, 9.17) is 9.97 Å². The summed E-state index contributed by atoms with van der Waals surface area (Å²) in [5.41, 5.74) is 7.82. The van der Waals surface area contributed by atoms with Crippen molar-refractivity contribution in [3.05, 3.63) is 176 Å². The molecule has 1 aliphatic rings. The Bertz CT molecular complexity index is 3110. The molecule has 0 aliphatic heterocycles. The minimum atomic E-state index is 0.143. The van der Waals surface area contributed by atoms with Gasteiger partial charge in [-0.15, -0.1) is 11.3 Å². The van der Waals surface area contributed by atoms with Gasteiger partial charge in [0, 0.05) is 48.0 Å². The predicted molar refractivity (Wildman–Crippen MR) is 221 cm³/mol. The zero-order valence-electron chi connectivity index (χ0n) is 28.2. The molecule has 0 spiro atoms. The van der Waals surface area contributed by atoms with Gasteiger partial charge in [0.25, 0.3) is 0 Å². The zero-order chi connectivity index (χ0) is 34.2. The highest BCUT2D eigenvalue weighted by Gasteiger charge is 2.25. The first kappa shape index (κ1) is 29.4. The van der Waals surface area contributed by atoms with E-state index in [1.165, 1.54) is 69.1 Å². The maximum Gasteiger partial charge on any atom is 0.136 e. The number of para-hydroxylation sites is 1. The molecule has 7 aromatic carbocycles. The maximum absolute atomic E-state index is 5.39. The molecule has 52 heavy (non-hydrogen) atoms. The van der Waals surface area contributed by atoms with Gasteiger partial charge in [0.1, 0.15) is 5.82 Å². The molecule has 4 heteroatoms. The van der Waals surface area contributed by atoms with Crippen molar-refractivity contribution in [1.29, 1.82) is 0 Å². The highest BCUT2D eigenvalue weighted by molar-refractivity contribution is 7.27. The second kappa shape index (κ2) is 11.6. The number of fused-ring (bicyclic) bond motifs is 10. The summed E-state index contributed by atoms with van der Waals surface area (Å²) < 4.78 is 5.05.